The molecule has 0 fully saturated rings. The van der Waals surface area contributed by atoms with E-state index in [0.717, 1.165) is 11.6 Å². The van der Waals surface area contributed by atoms with E-state index in [1.54, 1.807) is 6.07 Å². The zero-order chi connectivity index (χ0) is 17.8. The molecule has 0 aromatic heterocycles. The number of non-ortho nitro benzene ring substituents is 1. The highest BCUT2D eigenvalue weighted by atomic mass is 16.7. The van der Waals surface area contributed by atoms with Crippen molar-refractivity contribution >= 4 is 23.3 Å². The van der Waals surface area contributed by atoms with Gasteiger partial charge in [-0.05, 0) is 23.8 Å². The first-order valence-corrected chi connectivity index (χ1v) is 7.13. The maximum Gasteiger partial charge on any atom is 0.301 e. The van der Waals surface area contributed by atoms with Crippen LogP contribution in [-0.4, -0.2) is 22.9 Å². The van der Waals surface area contributed by atoms with Crippen LogP contribution in [0.1, 0.15) is 5.56 Å². The highest BCUT2D eigenvalue weighted by molar-refractivity contribution is 5.68. The molecule has 1 heterocycles. The SMILES string of the molecule is O=[N+]([O-])c1ccc(N/N=C/Cc2ccc3c(c2)OCO3)c([N+](=O)[O-])c1. The van der Waals surface area contributed by atoms with Crippen molar-refractivity contribution in [3.63, 3.8) is 0 Å². The van der Waals surface area contributed by atoms with Gasteiger partial charge in [-0.1, -0.05) is 6.07 Å². The van der Waals surface area contributed by atoms with Crippen LogP contribution in [0.3, 0.4) is 0 Å². The molecule has 0 aliphatic carbocycles. The molecule has 0 saturated carbocycles. The Labute approximate surface area is 141 Å². The van der Waals surface area contributed by atoms with Gasteiger partial charge in [-0.3, -0.25) is 25.7 Å². The van der Waals surface area contributed by atoms with E-state index >= 15 is 0 Å². The lowest BCUT2D eigenvalue weighted by Gasteiger charge is -2.02. The smallest absolute Gasteiger partial charge is 0.301 e. The average Bonchev–Trinajstić information content (AvgIpc) is 3.06. The van der Waals surface area contributed by atoms with Crippen LogP contribution in [0.2, 0.25) is 0 Å². The Morgan fingerprint density at radius 2 is 1.88 bits per heavy atom. The molecule has 0 radical (unpaired) electrons. The third-order valence-electron chi connectivity index (χ3n) is 3.43. The van der Waals surface area contributed by atoms with Crippen LogP contribution >= 0.6 is 0 Å². The highest BCUT2D eigenvalue weighted by Crippen LogP contribution is 2.32. The molecule has 1 aliphatic rings. The molecule has 10 nitrogen and oxygen atoms in total. The summed E-state index contributed by atoms with van der Waals surface area (Å²) >= 11 is 0. The van der Waals surface area contributed by atoms with Gasteiger partial charge in [-0.15, -0.1) is 0 Å². The van der Waals surface area contributed by atoms with Crippen LogP contribution in [0.15, 0.2) is 41.5 Å². The van der Waals surface area contributed by atoms with Crippen molar-refractivity contribution in [2.75, 3.05) is 12.2 Å². The van der Waals surface area contributed by atoms with E-state index in [1.165, 1.54) is 18.3 Å². The normalized spacial score (nSPS) is 12.3. The van der Waals surface area contributed by atoms with Crippen LogP contribution in [0.25, 0.3) is 0 Å². The van der Waals surface area contributed by atoms with Gasteiger partial charge in [0.15, 0.2) is 11.5 Å². The number of anilines is 1. The van der Waals surface area contributed by atoms with Crippen molar-refractivity contribution in [2.45, 2.75) is 6.42 Å². The molecule has 25 heavy (non-hydrogen) atoms. The van der Waals surface area contributed by atoms with Gasteiger partial charge in [-0.25, -0.2) is 0 Å². The van der Waals surface area contributed by atoms with Gasteiger partial charge in [0.2, 0.25) is 6.79 Å². The van der Waals surface area contributed by atoms with Crippen LogP contribution < -0.4 is 14.9 Å². The molecule has 128 valence electrons. The predicted molar refractivity (Wildman–Crippen MR) is 88.1 cm³/mol. The van der Waals surface area contributed by atoms with E-state index in [-0.39, 0.29) is 18.2 Å². The summed E-state index contributed by atoms with van der Waals surface area (Å²) in [6.07, 6.45) is 1.99. The maximum atomic E-state index is 11.0. The summed E-state index contributed by atoms with van der Waals surface area (Å²) in [5.74, 6) is 1.34. The van der Waals surface area contributed by atoms with E-state index < -0.39 is 15.5 Å². The summed E-state index contributed by atoms with van der Waals surface area (Å²) in [6, 6.07) is 8.77. The van der Waals surface area contributed by atoms with Gasteiger partial charge >= 0.3 is 5.69 Å². The fourth-order valence-electron chi connectivity index (χ4n) is 2.21. The van der Waals surface area contributed by atoms with Gasteiger partial charge in [0.1, 0.15) is 5.69 Å². The predicted octanol–water partition coefficient (Wildman–Crippen LogP) is 2.87. The molecular formula is C15H12N4O6. The van der Waals surface area contributed by atoms with Crippen molar-refractivity contribution in [1.82, 2.24) is 0 Å². The number of hydrazone groups is 1. The van der Waals surface area contributed by atoms with Crippen molar-refractivity contribution in [2.24, 2.45) is 5.10 Å². The molecule has 1 aliphatic heterocycles. The topological polar surface area (TPSA) is 129 Å². The van der Waals surface area contributed by atoms with E-state index in [0.29, 0.717) is 17.9 Å². The van der Waals surface area contributed by atoms with Crippen molar-refractivity contribution < 1.29 is 19.3 Å². The van der Waals surface area contributed by atoms with E-state index in [2.05, 4.69) is 10.5 Å². The Bertz CT molecular complexity index is 867. The minimum atomic E-state index is -0.706. The van der Waals surface area contributed by atoms with Crippen LogP contribution in [-0.2, 0) is 6.42 Å². The van der Waals surface area contributed by atoms with Gasteiger partial charge < -0.3 is 9.47 Å². The number of benzene rings is 2. The molecule has 0 spiro atoms. The van der Waals surface area contributed by atoms with E-state index in [1.807, 2.05) is 12.1 Å². The number of hydrogen-bond donors (Lipinski definition) is 1. The number of nitrogens with zero attached hydrogens (tertiary/aromatic N) is 3. The Balaban J connectivity index is 1.67. The second-order valence-corrected chi connectivity index (χ2v) is 5.03. The monoisotopic (exact) mass is 344 g/mol. The fourth-order valence-corrected chi connectivity index (χ4v) is 2.21. The van der Waals surface area contributed by atoms with E-state index in [4.69, 9.17) is 9.47 Å². The number of nitro groups is 2. The van der Waals surface area contributed by atoms with E-state index in [9.17, 15) is 20.2 Å². The number of fused-ring (bicyclic) bond motifs is 1. The zero-order valence-electron chi connectivity index (χ0n) is 12.7. The minimum absolute atomic E-state index is 0.0672. The fraction of sp³-hybridized carbons (Fsp3) is 0.133. The first-order valence-electron chi connectivity index (χ1n) is 7.13. The zero-order valence-corrected chi connectivity index (χ0v) is 12.7. The Morgan fingerprint density at radius 3 is 2.64 bits per heavy atom. The van der Waals surface area contributed by atoms with Crippen molar-refractivity contribution in [3.05, 3.63) is 62.2 Å². The lowest BCUT2D eigenvalue weighted by Crippen LogP contribution is -1.99. The highest BCUT2D eigenvalue weighted by Gasteiger charge is 2.19. The van der Waals surface area contributed by atoms with Gasteiger partial charge in [0, 0.05) is 18.7 Å². The summed E-state index contributed by atoms with van der Waals surface area (Å²) in [7, 11) is 0. The summed E-state index contributed by atoms with van der Waals surface area (Å²) in [6.45, 7) is 0.193. The third-order valence-corrected chi connectivity index (χ3v) is 3.43. The first-order chi connectivity index (χ1) is 12.0. The molecule has 1 N–H and O–H groups in total. The molecular weight excluding hydrogens is 332 g/mol. The maximum absolute atomic E-state index is 11.0. The number of ether oxygens (including phenoxy) is 2. The Hall–Kier alpha value is -3.69. The van der Waals surface area contributed by atoms with Gasteiger partial charge in [-0.2, -0.15) is 5.10 Å². The number of nitrogens with one attached hydrogen (secondary N) is 1. The summed E-state index contributed by atoms with van der Waals surface area (Å²) < 4.78 is 10.5. The number of nitro benzene ring substituents is 2. The summed E-state index contributed by atoms with van der Waals surface area (Å²) in [4.78, 5) is 20.3. The standard InChI is InChI=1S/C15H12N4O6/c20-18(21)11-2-3-12(13(8-11)19(22)23)17-16-6-5-10-1-4-14-15(7-10)25-9-24-14/h1-4,6-8,17H,5,9H2/b16-6+. The number of hydrogen-bond acceptors (Lipinski definition) is 8. The third kappa shape index (κ3) is 3.63. The molecule has 0 unspecified atom stereocenters. The lowest BCUT2D eigenvalue weighted by molar-refractivity contribution is -0.393. The molecule has 3 rings (SSSR count). The molecule has 10 heteroatoms. The molecule has 0 saturated heterocycles. The van der Waals surface area contributed by atoms with Crippen molar-refractivity contribution in [3.8, 4) is 11.5 Å². The van der Waals surface area contributed by atoms with Crippen LogP contribution in [0.4, 0.5) is 17.1 Å². The quantitative estimate of drug-likeness (QED) is 0.484. The molecule has 0 bridgehead atoms. The number of rotatable bonds is 6. The van der Waals surface area contributed by atoms with Gasteiger partial charge in [0.05, 0.1) is 15.9 Å². The second kappa shape index (κ2) is 6.83. The Morgan fingerprint density at radius 1 is 1.08 bits per heavy atom. The van der Waals surface area contributed by atoms with Gasteiger partial charge in [0.25, 0.3) is 5.69 Å². The molecule has 2 aromatic rings. The summed E-state index contributed by atoms with van der Waals surface area (Å²) in [5, 5.41) is 25.6. The first kappa shape index (κ1) is 16.2. The second-order valence-electron chi connectivity index (χ2n) is 5.03. The van der Waals surface area contributed by atoms with Crippen molar-refractivity contribution in [1.29, 1.82) is 0 Å². The van der Waals surface area contributed by atoms with Crippen LogP contribution in [0.5, 0.6) is 11.5 Å². The Kier molecular flexibility index (Phi) is 4.42. The van der Waals surface area contributed by atoms with Crippen LogP contribution in [0, 0.1) is 20.2 Å². The minimum Gasteiger partial charge on any atom is -0.454 e. The summed E-state index contributed by atoms with van der Waals surface area (Å²) in [5.41, 5.74) is 2.74. The molecule has 0 atom stereocenters. The largest absolute Gasteiger partial charge is 0.454 e. The average molecular weight is 344 g/mol. The lowest BCUT2D eigenvalue weighted by atomic mass is 10.1. The molecule has 2 aromatic carbocycles. The molecule has 0 amide bonds.